The predicted octanol–water partition coefficient (Wildman–Crippen LogP) is 0.898. The number of hydrogen-bond donors (Lipinski definition) is 3. The Hall–Kier alpha value is -1.31. The van der Waals surface area contributed by atoms with Crippen molar-refractivity contribution in [2.24, 2.45) is 0 Å². The third kappa shape index (κ3) is 2.74. The topological polar surface area (TPSA) is 104 Å². The monoisotopic (exact) mass is 300 g/mol. The number of rotatable bonds is 3. The van der Waals surface area contributed by atoms with Crippen molar-refractivity contribution in [3.8, 4) is 5.75 Å². The Kier molecular flexibility index (Phi) is 4.22. The van der Waals surface area contributed by atoms with Crippen molar-refractivity contribution in [3.63, 3.8) is 0 Å². The summed E-state index contributed by atoms with van der Waals surface area (Å²) in [7, 11) is -2.26. The van der Waals surface area contributed by atoms with E-state index in [2.05, 4.69) is 0 Å². The fraction of sp³-hybridized carbons (Fsp3) is 0.538. The Morgan fingerprint density at radius 3 is 2.55 bits per heavy atom. The molecule has 112 valence electrons. The van der Waals surface area contributed by atoms with Gasteiger partial charge in [-0.3, -0.25) is 0 Å². The number of nitrogens with two attached hydrogens (primary N) is 1. The summed E-state index contributed by atoms with van der Waals surface area (Å²) in [6.07, 6.45) is 2.43. The molecular weight excluding hydrogens is 280 g/mol. The van der Waals surface area contributed by atoms with E-state index in [1.807, 2.05) is 0 Å². The molecule has 2 unspecified atom stereocenters. The summed E-state index contributed by atoms with van der Waals surface area (Å²) < 4.78 is 26.2. The fourth-order valence-electron chi connectivity index (χ4n) is 2.55. The standard InChI is InChI=1S/C13H20N2O4S/c1-15(11-4-2-3-5-13(11)17)20(18,19)9-6-7-12(16)10(14)8-9/h6-8,11,13,16-17H,2-5,14H2,1H3. The van der Waals surface area contributed by atoms with Crippen LogP contribution in [0.4, 0.5) is 5.69 Å². The molecule has 0 bridgehead atoms. The quantitative estimate of drug-likeness (QED) is 0.568. The average Bonchev–Trinajstić information content (AvgIpc) is 2.41. The van der Waals surface area contributed by atoms with Crippen molar-refractivity contribution in [2.45, 2.75) is 42.7 Å². The molecule has 1 aliphatic rings. The minimum Gasteiger partial charge on any atom is -0.506 e. The first-order chi connectivity index (χ1) is 9.34. The summed E-state index contributed by atoms with van der Waals surface area (Å²) >= 11 is 0. The molecule has 20 heavy (non-hydrogen) atoms. The van der Waals surface area contributed by atoms with Gasteiger partial charge in [-0.1, -0.05) is 12.8 Å². The van der Waals surface area contributed by atoms with Gasteiger partial charge in [-0.25, -0.2) is 8.42 Å². The lowest BCUT2D eigenvalue weighted by Gasteiger charge is -2.34. The maximum atomic E-state index is 12.5. The number of phenolic OH excluding ortho intramolecular Hbond substituents is 1. The van der Waals surface area contributed by atoms with E-state index < -0.39 is 22.2 Å². The molecule has 0 radical (unpaired) electrons. The Morgan fingerprint density at radius 2 is 1.95 bits per heavy atom. The van der Waals surface area contributed by atoms with Crippen LogP contribution in [0.3, 0.4) is 0 Å². The van der Waals surface area contributed by atoms with Crippen molar-refractivity contribution >= 4 is 15.7 Å². The number of nitrogens with zero attached hydrogens (tertiary/aromatic N) is 1. The van der Waals surface area contributed by atoms with Crippen LogP contribution in [-0.2, 0) is 10.0 Å². The van der Waals surface area contributed by atoms with Crippen LogP contribution in [0, 0.1) is 0 Å². The molecule has 2 atom stereocenters. The molecule has 0 saturated heterocycles. The van der Waals surface area contributed by atoms with E-state index in [9.17, 15) is 18.6 Å². The summed E-state index contributed by atoms with van der Waals surface area (Å²) in [5.74, 6) is -0.149. The lowest BCUT2D eigenvalue weighted by Crippen LogP contribution is -2.46. The molecule has 1 aliphatic carbocycles. The van der Waals surface area contributed by atoms with Gasteiger partial charge in [0.1, 0.15) is 5.75 Å². The van der Waals surface area contributed by atoms with E-state index in [1.54, 1.807) is 0 Å². The third-order valence-corrected chi connectivity index (χ3v) is 5.72. The first-order valence-corrected chi connectivity index (χ1v) is 8.02. The summed E-state index contributed by atoms with van der Waals surface area (Å²) in [4.78, 5) is 0.0214. The molecule has 1 saturated carbocycles. The summed E-state index contributed by atoms with van der Waals surface area (Å²) in [5, 5.41) is 19.3. The molecule has 1 fully saturated rings. The zero-order valence-corrected chi connectivity index (χ0v) is 12.2. The molecule has 2 rings (SSSR count). The molecule has 0 spiro atoms. The van der Waals surface area contributed by atoms with Gasteiger partial charge in [0, 0.05) is 7.05 Å². The number of sulfonamides is 1. The number of hydrogen-bond acceptors (Lipinski definition) is 5. The van der Waals surface area contributed by atoms with Gasteiger partial charge in [0.05, 0.1) is 22.7 Å². The Bertz CT molecular complexity index is 588. The van der Waals surface area contributed by atoms with Gasteiger partial charge >= 0.3 is 0 Å². The number of aliphatic hydroxyl groups is 1. The number of likely N-dealkylation sites (N-methyl/N-ethyl adjacent to an activating group) is 1. The molecule has 1 aromatic rings. The minimum absolute atomic E-state index is 0.0173. The summed E-state index contributed by atoms with van der Waals surface area (Å²) in [6.45, 7) is 0. The lowest BCUT2D eigenvalue weighted by atomic mass is 9.93. The highest BCUT2D eigenvalue weighted by Gasteiger charge is 2.34. The maximum absolute atomic E-state index is 12.5. The highest BCUT2D eigenvalue weighted by Crippen LogP contribution is 2.29. The van der Waals surface area contributed by atoms with Gasteiger partial charge in [0.15, 0.2) is 0 Å². The van der Waals surface area contributed by atoms with Crippen LogP contribution in [0.1, 0.15) is 25.7 Å². The van der Waals surface area contributed by atoms with E-state index in [0.717, 1.165) is 12.8 Å². The Balaban J connectivity index is 2.31. The van der Waals surface area contributed by atoms with Crippen molar-refractivity contribution < 1.29 is 18.6 Å². The van der Waals surface area contributed by atoms with Crippen LogP contribution in [-0.4, -0.2) is 42.1 Å². The number of aliphatic hydroxyl groups excluding tert-OH is 1. The van der Waals surface area contributed by atoms with Crippen molar-refractivity contribution in [2.75, 3.05) is 12.8 Å². The maximum Gasteiger partial charge on any atom is 0.243 e. The molecule has 0 aromatic heterocycles. The highest BCUT2D eigenvalue weighted by molar-refractivity contribution is 7.89. The zero-order chi connectivity index (χ0) is 14.9. The van der Waals surface area contributed by atoms with Crippen molar-refractivity contribution in [1.29, 1.82) is 0 Å². The minimum atomic E-state index is -3.73. The number of anilines is 1. The van der Waals surface area contributed by atoms with Crippen LogP contribution in [0.2, 0.25) is 0 Å². The zero-order valence-electron chi connectivity index (χ0n) is 11.4. The van der Waals surface area contributed by atoms with E-state index in [0.29, 0.717) is 12.8 Å². The first kappa shape index (κ1) is 15.1. The average molecular weight is 300 g/mol. The molecule has 0 aliphatic heterocycles. The second-order valence-corrected chi connectivity index (χ2v) is 7.16. The number of phenols is 1. The normalized spacial score (nSPS) is 23.9. The molecular formula is C13H20N2O4S. The van der Waals surface area contributed by atoms with Gasteiger partial charge in [0.2, 0.25) is 10.0 Å². The smallest absolute Gasteiger partial charge is 0.243 e. The Labute approximate surface area is 118 Å². The predicted molar refractivity (Wildman–Crippen MR) is 75.7 cm³/mol. The van der Waals surface area contributed by atoms with Gasteiger partial charge in [0.25, 0.3) is 0 Å². The molecule has 7 heteroatoms. The van der Waals surface area contributed by atoms with Crippen molar-refractivity contribution in [3.05, 3.63) is 18.2 Å². The van der Waals surface area contributed by atoms with Crippen LogP contribution < -0.4 is 5.73 Å². The van der Waals surface area contributed by atoms with Crippen LogP contribution >= 0.6 is 0 Å². The molecule has 0 amide bonds. The summed E-state index contributed by atoms with van der Waals surface area (Å²) in [5.41, 5.74) is 5.56. The van der Waals surface area contributed by atoms with Gasteiger partial charge < -0.3 is 15.9 Å². The lowest BCUT2D eigenvalue weighted by molar-refractivity contribution is 0.0638. The van der Waals surface area contributed by atoms with E-state index in [1.165, 1.54) is 29.6 Å². The van der Waals surface area contributed by atoms with E-state index in [4.69, 9.17) is 5.73 Å². The number of nitrogen functional groups attached to an aromatic ring is 1. The van der Waals surface area contributed by atoms with Gasteiger partial charge in [-0.2, -0.15) is 4.31 Å². The van der Waals surface area contributed by atoms with E-state index in [-0.39, 0.29) is 16.3 Å². The molecule has 0 heterocycles. The third-order valence-electron chi connectivity index (χ3n) is 3.84. The molecule has 1 aromatic carbocycles. The highest BCUT2D eigenvalue weighted by atomic mass is 32.2. The van der Waals surface area contributed by atoms with Gasteiger partial charge in [-0.15, -0.1) is 0 Å². The Morgan fingerprint density at radius 1 is 1.30 bits per heavy atom. The van der Waals surface area contributed by atoms with Crippen LogP contribution in [0.15, 0.2) is 23.1 Å². The van der Waals surface area contributed by atoms with Crippen molar-refractivity contribution in [1.82, 2.24) is 4.31 Å². The molecule has 6 nitrogen and oxygen atoms in total. The molecule has 4 N–H and O–H groups in total. The van der Waals surface area contributed by atoms with Crippen LogP contribution in [0.25, 0.3) is 0 Å². The van der Waals surface area contributed by atoms with Crippen LogP contribution in [0.5, 0.6) is 5.75 Å². The number of benzene rings is 1. The SMILES string of the molecule is CN(C1CCCCC1O)S(=O)(=O)c1ccc(O)c(N)c1. The first-order valence-electron chi connectivity index (χ1n) is 6.58. The second kappa shape index (κ2) is 5.59. The van der Waals surface area contributed by atoms with E-state index >= 15 is 0 Å². The number of aromatic hydroxyl groups is 1. The fourth-order valence-corrected chi connectivity index (χ4v) is 4.00. The van der Waals surface area contributed by atoms with Gasteiger partial charge in [-0.05, 0) is 31.0 Å². The largest absolute Gasteiger partial charge is 0.506 e. The second-order valence-electron chi connectivity index (χ2n) is 5.16. The summed E-state index contributed by atoms with van der Waals surface area (Å²) in [6, 6.07) is 3.39.